The third-order valence-corrected chi connectivity index (χ3v) is 7.97. The summed E-state index contributed by atoms with van der Waals surface area (Å²) in [5.41, 5.74) is 1.14. The molecule has 0 spiro atoms. The molecule has 2 aliphatic rings. The van der Waals surface area contributed by atoms with Crippen molar-refractivity contribution in [2.75, 3.05) is 36.5 Å². The number of para-hydroxylation sites is 1. The van der Waals surface area contributed by atoms with Gasteiger partial charge in [-0.05, 0) is 81.1 Å². The fourth-order valence-corrected chi connectivity index (χ4v) is 5.53. The van der Waals surface area contributed by atoms with Gasteiger partial charge in [-0.1, -0.05) is 41.9 Å². The summed E-state index contributed by atoms with van der Waals surface area (Å²) in [6, 6.07) is 20.1. The van der Waals surface area contributed by atoms with Gasteiger partial charge >= 0.3 is 0 Å². The highest BCUT2D eigenvalue weighted by molar-refractivity contribution is 7.80. The highest BCUT2D eigenvalue weighted by Gasteiger charge is 2.34. The molecule has 3 aromatic rings. The van der Waals surface area contributed by atoms with Crippen molar-refractivity contribution >= 4 is 40.7 Å². The normalized spacial score (nSPS) is 19.0. The van der Waals surface area contributed by atoms with Gasteiger partial charge in [-0.15, -0.1) is 0 Å². The molecule has 5 rings (SSSR count). The van der Waals surface area contributed by atoms with Gasteiger partial charge in [-0.3, -0.25) is 0 Å². The third-order valence-electron chi connectivity index (χ3n) is 7.47. The van der Waals surface area contributed by atoms with E-state index in [0.717, 1.165) is 48.8 Å². The number of nitrogens with one attached hydrogen (secondary N) is 2. The zero-order chi connectivity index (χ0) is 26.4. The number of benzene rings is 2. The number of nitrogens with zero attached hydrogens (tertiary/aromatic N) is 3. The van der Waals surface area contributed by atoms with Crippen LogP contribution in [0.1, 0.15) is 44.6 Å². The Morgan fingerprint density at radius 2 is 1.87 bits per heavy atom. The van der Waals surface area contributed by atoms with Crippen molar-refractivity contribution in [3.63, 3.8) is 0 Å². The summed E-state index contributed by atoms with van der Waals surface area (Å²) in [6.45, 7) is 5.28. The summed E-state index contributed by atoms with van der Waals surface area (Å²) in [4.78, 5) is 11.8. The van der Waals surface area contributed by atoms with Crippen LogP contribution in [0.15, 0.2) is 60.7 Å². The first-order chi connectivity index (χ1) is 18.5. The summed E-state index contributed by atoms with van der Waals surface area (Å²) >= 11 is 11.9. The van der Waals surface area contributed by atoms with Crippen LogP contribution in [0.4, 0.5) is 11.8 Å². The number of rotatable bonds is 7. The van der Waals surface area contributed by atoms with E-state index in [0.29, 0.717) is 42.7 Å². The van der Waals surface area contributed by atoms with E-state index in [1.807, 2.05) is 48.5 Å². The van der Waals surface area contributed by atoms with Crippen LogP contribution >= 0.6 is 23.8 Å². The molecule has 9 heteroatoms. The van der Waals surface area contributed by atoms with Crippen LogP contribution in [0, 0.1) is 0 Å². The number of hydrogen-bond acceptors (Lipinski definition) is 6. The smallest absolute Gasteiger partial charge is 0.234 e. The monoisotopic (exact) mass is 551 g/mol. The molecule has 1 atom stereocenters. The lowest BCUT2D eigenvalue weighted by Gasteiger charge is -2.38. The van der Waals surface area contributed by atoms with Crippen LogP contribution < -0.4 is 20.3 Å². The predicted octanol–water partition coefficient (Wildman–Crippen LogP) is 6.34. The Bertz CT molecular complexity index is 1220. The van der Waals surface area contributed by atoms with Crippen LogP contribution in [0.3, 0.4) is 0 Å². The van der Waals surface area contributed by atoms with Gasteiger partial charge in [0.15, 0.2) is 5.11 Å². The third kappa shape index (κ3) is 6.54. The molecule has 2 aliphatic heterocycles. The number of piperidine rings is 1. The van der Waals surface area contributed by atoms with Crippen LogP contribution in [0.25, 0.3) is 0 Å². The van der Waals surface area contributed by atoms with Gasteiger partial charge in [0.2, 0.25) is 11.8 Å². The standard InChI is InChI=1S/C29H34ClN5O2S/c1-21-7-5-6-16-35(21)25-19-26(37-24-8-3-2-4-9-24)33-27(32-25)34-28(38)31-20-29(14-17-36-18-15-29)22-10-12-23(30)13-11-22/h2-4,8-13,19,21H,5-7,14-18,20H2,1H3,(H2,31,32,33,34,38). The number of thiocarbonyl (C=S) groups is 1. The van der Waals surface area contributed by atoms with Gasteiger partial charge in [0, 0.05) is 48.8 Å². The van der Waals surface area contributed by atoms with Crippen molar-refractivity contribution in [1.29, 1.82) is 0 Å². The second kappa shape index (κ2) is 12.3. The summed E-state index contributed by atoms with van der Waals surface area (Å²) in [5.74, 6) is 2.45. The molecule has 0 aliphatic carbocycles. The topological polar surface area (TPSA) is 71.5 Å². The average molecular weight is 552 g/mol. The van der Waals surface area contributed by atoms with E-state index in [1.54, 1.807) is 0 Å². The van der Waals surface area contributed by atoms with Crippen LogP contribution in [0.5, 0.6) is 11.6 Å². The molecule has 0 amide bonds. The molecule has 2 N–H and O–H groups in total. The highest BCUT2D eigenvalue weighted by Crippen LogP contribution is 2.35. The maximum Gasteiger partial charge on any atom is 0.234 e. The Morgan fingerprint density at radius 3 is 2.61 bits per heavy atom. The van der Waals surface area contributed by atoms with Gasteiger partial charge in [0.25, 0.3) is 0 Å². The molecule has 0 radical (unpaired) electrons. The molecule has 3 heterocycles. The van der Waals surface area contributed by atoms with Crippen molar-refractivity contribution < 1.29 is 9.47 Å². The molecule has 2 fully saturated rings. The molecule has 1 unspecified atom stereocenters. The minimum Gasteiger partial charge on any atom is -0.439 e. The van der Waals surface area contributed by atoms with Gasteiger partial charge in [-0.25, -0.2) is 0 Å². The van der Waals surface area contributed by atoms with E-state index in [2.05, 4.69) is 39.6 Å². The number of hydrogen-bond donors (Lipinski definition) is 2. The van der Waals surface area contributed by atoms with Crippen molar-refractivity contribution in [1.82, 2.24) is 15.3 Å². The van der Waals surface area contributed by atoms with Gasteiger partial charge in [-0.2, -0.15) is 9.97 Å². The molecule has 7 nitrogen and oxygen atoms in total. The SMILES string of the molecule is CC1CCCCN1c1cc(Oc2ccccc2)nc(NC(=S)NCC2(c3ccc(Cl)cc3)CCOCC2)n1. The van der Waals surface area contributed by atoms with Crippen LogP contribution in [0.2, 0.25) is 5.02 Å². The lowest BCUT2D eigenvalue weighted by atomic mass is 9.74. The van der Waals surface area contributed by atoms with Crippen molar-refractivity contribution in [2.45, 2.75) is 50.5 Å². The molecule has 2 saturated heterocycles. The maximum atomic E-state index is 6.16. The predicted molar refractivity (Wildman–Crippen MR) is 157 cm³/mol. The van der Waals surface area contributed by atoms with Gasteiger partial charge < -0.3 is 25.0 Å². The molecule has 0 bridgehead atoms. The minimum absolute atomic E-state index is 0.0951. The van der Waals surface area contributed by atoms with Gasteiger partial charge in [0.1, 0.15) is 11.6 Å². The summed E-state index contributed by atoms with van der Waals surface area (Å²) in [5, 5.41) is 7.85. The molecule has 200 valence electrons. The molecular formula is C29H34ClN5O2S. The van der Waals surface area contributed by atoms with E-state index in [4.69, 9.17) is 38.3 Å². The summed E-state index contributed by atoms with van der Waals surface area (Å²) < 4.78 is 11.8. The number of aromatic nitrogens is 2. The fourth-order valence-electron chi connectivity index (χ4n) is 5.24. The quantitative estimate of drug-likeness (QED) is 0.330. The molecule has 1 aromatic heterocycles. The maximum absolute atomic E-state index is 6.16. The zero-order valence-electron chi connectivity index (χ0n) is 21.7. The van der Waals surface area contributed by atoms with Crippen LogP contribution in [-0.2, 0) is 10.2 Å². The first kappa shape index (κ1) is 26.7. The van der Waals surface area contributed by atoms with Gasteiger partial charge in [0.05, 0.1) is 0 Å². The van der Waals surface area contributed by atoms with Crippen molar-refractivity contribution in [3.05, 3.63) is 71.2 Å². The Morgan fingerprint density at radius 1 is 1.11 bits per heavy atom. The lowest BCUT2D eigenvalue weighted by molar-refractivity contribution is 0.0515. The highest BCUT2D eigenvalue weighted by atomic mass is 35.5. The van der Waals surface area contributed by atoms with E-state index < -0.39 is 0 Å². The first-order valence-corrected chi connectivity index (χ1v) is 14.1. The Balaban J connectivity index is 1.33. The Labute approximate surface area is 234 Å². The second-order valence-electron chi connectivity index (χ2n) is 10.0. The minimum atomic E-state index is -0.0951. The summed E-state index contributed by atoms with van der Waals surface area (Å²) in [6.07, 6.45) is 5.31. The molecule has 38 heavy (non-hydrogen) atoms. The van der Waals surface area contributed by atoms with E-state index in [1.165, 1.54) is 12.0 Å². The fraction of sp³-hybridized carbons (Fsp3) is 0.414. The second-order valence-corrected chi connectivity index (χ2v) is 10.9. The molecule has 2 aromatic carbocycles. The van der Waals surface area contributed by atoms with E-state index in [9.17, 15) is 0 Å². The summed E-state index contributed by atoms with van der Waals surface area (Å²) in [7, 11) is 0. The largest absolute Gasteiger partial charge is 0.439 e. The Hall–Kier alpha value is -2.94. The van der Waals surface area contributed by atoms with E-state index >= 15 is 0 Å². The van der Waals surface area contributed by atoms with Crippen LogP contribution in [-0.4, -0.2) is 47.4 Å². The number of anilines is 2. The van der Waals surface area contributed by atoms with Crippen molar-refractivity contribution in [2.24, 2.45) is 0 Å². The van der Waals surface area contributed by atoms with Crippen molar-refractivity contribution in [3.8, 4) is 11.6 Å². The lowest BCUT2D eigenvalue weighted by Crippen LogP contribution is -2.45. The molecular weight excluding hydrogens is 518 g/mol. The Kier molecular flexibility index (Phi) is 8.61. The average Bonchev–Trinajstić information content (AvgIpc) is 2.93. The number of halogens is 1. The van der Waals surface area contributed by atoms with E-state index in [-0.39, 0.29) is 5.41 Å². The number of ether oxygens (including phenoxy) is 2. The zero-order valence-corrected chi connectivity index (χ0v) is 23.2. The molecule has 0 saturated carbocycles. The first-order valence-electron chi connectivity index (χ1n) is 13.3.